The normalized spacial score (nSPS) is 16.0. The van der Waals surface area contributed by atoms with Crippen molar-refractivity contribution < 1.29 is 9.84 Å². The van der Waals surface area contributed by atoms with Gasteiger partial charge in [0.05, 0.1) is 7.11 Å². The van der Waals surface area contributed by atoms with Crippen molar-refractivity contribution in [3.05, 3.63) is 77.9 Å². The maximum absolute atomic E-state index is 10.9. The summed E-state index contributed by atoms with van der Waals surface area (Å²) in [5.41, 5.74) is 3.20. The number of aryl methyl sites for hydroxylation is 1. The Morgan fingerprint density at radius 2 is 1.76 bits per heavy atom. The summed E-state index contributed by atoms with van der Waals surface area (Å²) in [6, 6.07) is 16.3. The lowest BCUT2D eigenvalue weighted by atomic mass is 10.0. The second-order valence-corrected chi connectivity index (χ2v) is 7.43. The minimum atomic E-state index is -0.738. The van der Waals surface area contributed by atoms with Gasteiger partial charge in [0.25, 0.3) is 0 Å². The van der Waals surface area contributed by atoms with E-state index in [1.54, 1.807) is 13.3 Å². The number of aliphatic hydroxyl groups is 1. The van der Waals surface area contributed by atoms with Crippen molar-refractivity contribution in [3.8, 4) is 5.75 Å². The van der Waals surface area contributed by atoms with Crippen LogP contribution in [0.5, 0.6) is 5.75 Å². The molecule has 0 amide bonds. The second-order valence-electron chi connectivity index (χ2n) is 7.43. The Kier molecular flexibility index (Phi) is 5.83. The maximum Gasteiger partial charge on any atom is 0.142 e. The van der Waals surface area contributed by atoms with Crippen LogP contribution in [-0.4, -0.2) is 52.8 Å². The van der Waals surface area contributed by atoms with Gasteiger partial charge in [0.2, 0.25) is 0 Å². The van der Waals surface area contributed by atoms with Gasteiger partial charge in [-0.2, -0.15) is 0 Å². The summed E-state index contributed by atoms with van der Waals surface area (Å²) in [7, 11) is 3.63. The largest absolute Gasteiger partial charge is 0.496 e. The van der Waals surface area contributed by atoms with Crippen molar-refractivity contribution in [1.29, 1.82) is 0 Å². The van der Waals surface area contributed by atoms with Crippen LogP contribution in [0.25, 0.3) is 0 Å². The van der Waals surface area contributed by atoms with E-state index in [9.17, 15) is 5.11 Å². The lowest BCUT2D eigenvalue weighted by Crippen LogP contribution is -2.46. The van der Waals surface area contributed by atoms with Gasteiger partial charge in [-0.15, -0.1) is 0 Å². The molecule has 0 aliphatic carbocycles. The number of hydrogen-bond acceptors (Lipinski definition) is 5. The third-order valence-corrected chi connectivity index (χ3v) is 5.63. The summed E-state index contributed by atoms with van der Waals surface area (Å²) in [5, 5.41) is 10.9. The van der Waals surface area contributed by atoms with E-state index in [2.05, 4.69) is 33.0 Å². The summed E-state index contributed by atoms with van der Waals surface area (Å²) in [4.78, 5) is 9.14. The molecule has 29 heavy (non-hydrogen) atoms. The van der Waals surface area contributed by atoms with Gasteiger partial charge in [0, 0.05) is 69.0 Å². The summed E-state index contributed by atoms with van der Waals surface area (Å²) in [5.74, 6) is 1.60. The van der Waals surface area contributed by atoms with E-state index in [4.69, 9.17) is 4.74 Å². The molecule has 1 aliphatic rings. The first-order valence-corrected chi connectivity index (χ1v) is 10.0. The fourth-order valence-corrected chi connectivity index (χ4v) is 4.01. The van der Waals surface area contributed by atoms with Gasteiger partial charge in [-0.05, 0) is 12.1 Å². The number of imidazole rings is 1. The Morgan fingerprint density at radius 3 is 2.48 bits per heavy atom. The van der Waals surface area contributed by atoms with Crippen LogP contribution in [0.15, 0.2) is 60.9 Å². The molecule has 6 nitrogen and oxygen atoms in total. The highest BCUT2D eigenvalue weighted by Crippen LogP contribution is 2.31. The summed E-state index contributed by atoms with van der Waals surface area (Å²) >= 11 is 0. The molecule has 6 heteroatoms. The Morgan fingerprint density at radius 1 is 1.03 bits per heavy atom. The quantitative estimate of drug-likeness (QED) is 0.699. The third kappa shape index (κ3) is 4.13. The smallest absolute Gasteiger partial charge is 0.142 e. The molecular formula is C23H28N4O2. The Labute approximate surface area is 172 Å². The van der Waals surface area contributed by atoms with Gasteiger partial charge < -0.3 is 19.3 Å². The van der Waals surface area contributed by atoms with Crippen molar-refractivity contribution in [1.82, 2.24) is 14.5 Å². The highest BCUT2D eigenvalue weighted by molar-refractivity contribution is 5.56. The SMILES string of the molecule is COc1ccccc1CN1CCN(c2ccccc2C(O)c2nccn2C)CC1. The van der Waals surface area contributed by atoms with E-state index in [1.807, 2.05) is 48.1 Å². The van der Waals surface area contributed by atoms with Gasteiger partial charge in [-0.3, -0.25) is 4.90 Å². The molecule has 1 saturated heterocycles. The fraction of sp³-hybridized carbons (Fsp3) is 0.348. The predicted octanol–water partition coefficient (Wildman–Crippen LogP) is 2.83. The molecule has 1 unspecified atom stereocenters. The standard InChI is InChI=1S/C23H28N4O2/c1-25-12-11-24-23(25)22(28)19-8-4-5-9-20(19)27-15-13-26(14-16-27)17-18-7-3-6-10-21(18)29-2/h3-12,22,28H,13-17H2,1-2H3. The molecule has 152 valence electrons. The first-order chi connectivity index (χ1) is 14.2. The number of aromatic nitrogens is 2. The van der Waals surface area contributed by atoms with Crippen molar-refractivity contribution in [2.24, 2.45) is 7.05 Å². The number of methoxy groups -OCH3 is 1. The van der Waals surface area contributed by atoms with E-state index < -0.39 is 6.10 Å². The van der Waals surface area contributed by atoms with Crippen LogP contribution in [0.4, 0.5) is 5.69 Å². The highest BCUT2D eigenvalue weighted by Gasteiger charge is 2.24. The van der Waals surface area contributed by atoms with Gasteiger partial charge in [0.1, 0.15) is 17.7 Å². The topological polar surface area (TPSA) is 53.8 Å². The van der Waals surface area contributed by atoms with Crippen molar-refractivity contribution in [3.63, 3.8) is 0 Å². The number of piperazine rings is 1. The van der Waals surface area contributed by atoms with Gasteiger partial charge in [-0.25, -0.2) is 4.98 Å². The first kappa shape index (κ1) is 19.5. The Bertz CT molecular complexity index is 947. The van der Waals surface area contributed by atoms with Gasteiger partial charge in [0.15, 0.2) is 0 Å². The molecular weight excluding hydrogens is 364 g/mol. The lowest BCUT2D eigenvalue weighted by molar-refractivity contribution is 0.205. The van der Waals surface area contributed by atoms with Gasteiger partial charge >= 0.3 is 0 Å². The lowest BCUT2D eigenvalue weighted by Gasteiger charge is -2.37. The van der Waals surface area contributed by atoms with Crippen LogP contribution in [0.3, 0.4) is 0 Å². The van der Waals surface area contributed by atoms with Gasteiger partial charge in [-0.1, -0.05) is 36.4 Å². The molecule has 3 aromatic rings. The van der Waals surface area contributed by atoms with Crippen LogP contribution in [-0.2, 0) is 13.6 Å². The zero-order valence-electron chi connectivity index (χ0n) is 17.0. The average Bonchev–Trinajstić information content (AvgIpc) is 3.20. The molecule has 1 atom stereocenters. The highest BCUT2D eigenvalue weighted by atomic mass is 16.5. The molecule has 4 rings (SSSR count). The fourth-order valence-electron chi connectivity index (χ4n) is 4.01. The number of nitrogens with zero attached hydrogens (tertiary/aromatic N) is 4. The van der Waals surface area contributed by atoms with E-state index in [1.165, 1.54) is 5.56 Å². The number of aliphatic hydroxyl groups excluding tert-OH is 1. The summed E-state index contributed by atoms with van der Waals surface area (Å²) in [6.07, 6.45) is 2.84. The molecule has 1 N–H and O–H groups in total. The van der Waals surface area contributed by atoms with E-state index in [0.717, 1.165) is 49.7 Å². The molecule has 2 aromatic carbocycles. The Balaban J connectivity index is 1.46. The summed E-state index contributed by atoms with van der Waals surface area (Å²) < 4.78 is 7.36. The molecule has 0 bridgehead atoms. The molecule has 0 radical (unpaired) electrons. The number of hydrogen-bond donors (Lipinski definition) is 1. The van der Waals surface area contributed by atoms with Crippen LogP contribution in [0, 0.1) is 0 Å². The monoisotopic (exact) mass is 392 g/mol. The second kappa shape index (κ2) is 8.68. The van der Waals surface area contributed by atoms with Crippen molar-refractivity contribution in [2.45, 2.75) is 12.6 Å². The maximum atomic E-state index is 10.9. The van der Waals surface area contributed by atoms with E-state index in [-0.39, 0.29) is 0 Å². The number of anilines is 1. The van der Waals surface area contributed by atoms with E-state index in [0.29, 0.717) is 5.82 Å². The minimum absolute atomic E-state index is 0.659. The van der Waals surface area contributed by atoms with Crippen LogP contribution in [0.2, 0.25) is 0 Å². The molecule has 1 aliphatic heterocycles. The minimum Gasteiger partial charge on any atom is -0.496 e. The van der Waals surface area contributed by atoms with Crippen molar-refractivity contribution in [2.75, 3.05) is 38.2 Å². The third-order valence-electron chi connectivity index (χ3n) is 5.63. The number of para-hydroxylation sites is 2. The first-order valence-electron chi connectivity index (χ1n) is 10.0. The van der Waals surface area contributed by atoms with E-state index >= 15 is 0 Å². The molecule has 0 saturated carbocycles. The molecule has 1 aromatic heterocycles. The van der Waals surface area contributed by atoms with Crippen LogP contribution in [0.1, 0.15) is 23.1 Å². The molecule has 1 fully saturated rings. The number of ether oxygens (including phenoxy) is 1. The van der Waals surface area contributed by atoms with Crippen LogP contribution >= 0.6 is 0 Å². The zero-order valence-corrected chi connectivity index (χ0v) is 17.0. The van der Waals surface area contributed by atoms with Crippen molar-refractivity contribution >= 4 is 5.69 Å². The Hall–Kier alpha value is -2.83. The zero-order chi connectivity index (χ0) is 20.2. The number of benzene rings is 2. The summed E-state index contributed by atoms with van der Waals surface area (Å²) in [6.45, 7) is 4.64. The molecule has 0 spiro atoms. The molecule has 2 heterocycles. The average molecular weight is 393 g/mol. The number of rotatable bonds is 6. The predicted molar refractivity (Wildman–Crippen MR) is 114 cm³/mol. The van der Waals surface area contributed by atoms with Crippen LogP contribution < -0.4 is 9.64 Å².